The average molecular weight is 239 g/mol. The predicted molar refractivity (Wildman–Crippen MR) is 68.3 cm³/mol. The molecule has 0 aliphatic heterocycles. The first-order valence-electron chi connectivity index (χ1n) is 6.23. The van der Waals surface area contributed by atoms with Crippen molar-refractivity contribution in [1.29, 1.82) is 0 Å². The molecule has 0 saturated heterocycles. The van der Waals surface area contributed by atoms with E-state index in [0.29, 0.717) is 12.0 Å². The fourth-order valence-corrected chi connectivity index (χ4v) is 2.11. The Kier molecular flexibility index (Phi) is 5.59. The van der Waals surface area contributed by atoms with Gasteiger partial charge in [0.25, 0.3) is 0 Å². The summed E-state index contributed by atoms with van der Waals surface area (Å²) in [5.74, 6) is -0.170. The van der Waals surface area contributed by atoms with Crippen molar-refractivity contribution in [2.75, 3.05) is 0 Å². The van der Waals surface area contributed by atoms with Gasteiger partial charge in [0, 0.05) is 17.6 Å². The number of hydrogen-bond donors (Lipinski definition) is 2. The van der Waals surface area contributed by atoms with Crippen LogP contribution in [0.1, 0.15) is 45.2 Å². The van der Waals surface area contributed by atoms with Gasteiger partial charge in [0.05, 0.1) is 6.10 Å². The normalized spacial score (nSPS) is 16.5. The zero-order valence-electron chi connectivity index (χ0n) is 10.8. The zero-order chi connectivity index (χ0) is 12.8. The lowest BCUT2D eigenvalue weighted by molar-refractivity contribution is 0.167. The Morgan fingerprint density at radius 3 is 2.47 bits per heavy atom. The molecule has 3 unspecified atom stereocenters. The predicted octanol–water partition coefficient (Wildman–Crippen LogP) is 3.03. The first kappa shape index (κ1) is 14.1. The molecule has 0 aliphatic rings. The summed E-state index contributed by atoms with van der Waals surface area (Å²) in [6.07, 6.45) is 1.16. The topological polar surface area (TPSA) is 32.3 Å². The van der Waals surface area contributed by atoms with E-state index in [1.165, 1.54) is 6.07 Å². The van der Waals surface area contributed by atoms with Crippen LogP contribution >= 0.6 is 0 Å². The second kappa shape index (κ2) is 6.72. The third kappa shape index (κ3) is 4.44. The van der Waals surface area contributed by atoms with Crippen molar-refractivity contribution in [3.05, 3.63) is 35.6 Å². The minimum absolute atomic E-state index is 0.00458. The number of aliphatic hydroxyl groups excluding tert-OH is 1. The maximum absolute atomic E-state index is 13.7. The molecule has 3 heteroatoms. The van der Waals surface area contributed by atoms with Crippen molar-refractivity contribution >= 4 is 0 Å². The summed E-state index contributed by atoms with van der Waals surface area (Å²) in [4.78, 5) is 0. The van der Waals surface area contributed by atoms with E-state index in [9.17, 15) is 9.50 Å². The fourth-order valence-electron chi connectivity index (χ4n) is 2.11. The summed E-state index contributed by atoms with van der Waals surface area (Å²) in [5, 5.41) is 12.7. The molecule has 1 aromatic carbocycles. The van der Waals surface area contributed by atoms with Crippen LogP contribution in [0.15, 0.2) is 24.3 Å². The van der Waals surface area contributed by atoms with Gasteiger partial charge in [0.2, 0.25) is 0 Å². The van der Waals surface area contributed by atoms with Crippen molar-refractivity contribution in [2.45, 2.75) is 51.8 Å². The molecular formula is C14H22FNO. The van der Waals surface area contributed by atoms with Gasteiger partial charge in [-0.3, -0.25) is 0 Å². The number of aliphatic hydroxyl groups is 1. The van der Waals surface area contributed by atoms with Crippen LogP contribution in [0.3, 0.4) is 0 Å². The fraction of sp³-hybridized carbons (Fsp3) is 0.571. The molecule has 1 aromatic rings. The number of hydrogen-bond acceptors (Lipinski definition) is 2. The Balaban J connectivity index is 2.69. The molecular weight excluding hydrogens is 217 g/mol. The van der Waals surface area contributed by atoms with Crippen LogP contribution in [0.25, 0.3) is 0 Å². The van der Waals surface area contributed by atoms with Gasteiger partial charge in [0.1, 0.15) is 5.82 Å². The van der Waals surface area contributed by atoms with Crippen molar-refractivity contribution < 1.29 is 9.50 Å². The van der Waals surface area contributed by atoms with Crippen LogP contribution in [0, 0.1) is 5.82 Å². The molecule has 0 aromatic heterocycles. The van der Waals surface area contributed by atoms with E-state index in [1.54, 1.807) is 13.0 Å². The maximum atomic E-state index is 13.7. The SMILES string of the molecule is CCC(NC(C)CC(C)O)c1ccccc1F. The maximum Gasteiger partial charge on any atom is 0.127 e. The smallest absolute Gasteiger partial charge is 0.127 e. The second-order valence-electron chi connectivity index (χ2n) is 4.63. The summed E-state index contributed by atoms with van der Waals surface area (Å²) in [7, 11) is 0. The second-order valence-corrected chi connectivity index (χ2v) is 4.63. The Bertz CT molecular complexity index is 341. The van der Waals surface area contributed by atoms with Crippen LogP contribution in [-0.2, 0) is 0 Å². The van der Waals surface area contributed by atoms with Crippen LogP contribution in [0.5, 0.6) is 0 Å². The van der Waals surface area contributed by atoms with Gasteiger partial charge < -0.3 is 10.4 Å². The molecule has 0 radical (unpaired) electrons. The minimum atomic E-state index is -0.337. The highest BCUT2D eigenvalue weighted by Gasteiger charge is 2.16. The molecule has 0 fully saturated rings. The highest BCUT2D eigenvalue weighted by atomic mass is 19.1. The molecule has 1 rings (SSSR count). The van der Waals surface area contributed by atoms with E-state index in [2.05, 4.69) is 5.32 Å². The van der Waals surface area contributed by atoms with Gasteiger partial charge in [-0.2, -0.15) is 0 Å². The van der Waals surface area contributed by atoms with Crippen LogP contribution < -0.4 is 5.32 Å². The highest BCUT2D eigenvalue weighted by Crippen LogP contribution is 2.20. The first-order chi connectivity index (χ1) is 8.04. The molecule has 2 N–H and O–H groups in total. The van der Waals surface area contributed by atoms with Gasteiger partial charge in [-0.05, 0) is 32.8 Å². The summed E-state index contributed by atoms with van der Waals surface area (Å²) >= 11 is 0. The Hall–Kier alpha value is -0.930. The number of rotatable bonds is 6. The lowest BCUT2D eigenvalue weighted by Gasteiger charge is -2.23. The Morgan fingerprint density at radius 2 is 1.94 bits per heavy atom. The average Bonchev–Trinajstić information content (AvgIpc) is 2.26. The summed E-state index contributed by atoms with van der Waals surface area (Å²) < 4.78 is 13.7. The van der Waals surface area contributed by atoms with Crippen molar-refractivity contribution in [3.8, 4) is 0 Å². The highest BCUT2D eigenvalue weighted by molar-refractivity contribution is 5.21. The number of nitrogens with one attached hydrogen (secondary N) is 1. The summed E-state index contributed by atoms with van der Waals surface area (Å²) in [5.41, 5.74) is 0.701. The van der Waals surface area contributed by atoms with E-state index < -0.39 is 0 Å². The lowest BCUT2D eigenvalue weighted by atomic mass is 10.0. The zero-order valence-corrected chi connectivity index (χ0v) is 10.8. The van der Waals surface area contributed by atoms with Gasteiger partial charge in [-0.25, -0.2) is 4.39 Å². The lowest BCUT2D eigenvalue weighted by Crippen LogP contribution is -2.33. The largest absolute Gasteiger partial charge is 0.393 e. The quantitative estimate of drug-likeness (QED) is 0.799. The molecule has 0 bridgehead atoms. The Morgan fingerprint density at radius 1 is 1.29 bits per heavy atom. The van der Waals surface area contributed by atoms with Crippen LogP contribution in [0.4, 0.5) is 4.39 Å². The molecule has 96 valence electrons. The van der Waals surface area contributed by atoms with Crippen molar-refractivity contribution in [1.82, 2.24) is 5.32 Å². The molecule has 17 heavy (non-hydrogen) atoms. The summed E-state index contributed by atoms with van der Waals surface area (Å²) in [6, 6.07) is 7.02. The standard InChI is InChI=1S/C14H22FNO/c1-4-14(16-10(2)9-11(3)17)12-7-5-6-8-13(12)15/h5-8,10-11,14,16-17H,4,9H2,1-3H3. The molecule has 2 nitrogen and oxygen atoms in total. The molecule has 0 amide bonds. The van der Waals surface area contributed by atoms with Crippen molar-refractivity contribution in [3.63, 3.8) is 0 Å². The van der Waals surface area contributed by atoms with E-state index in [4.69, 9.17) is 0 Å². The monoisotopic (exact) mass is 239 g/mol. The van der Waals surface area contributed by atoms with Gasteiger partial charge >= 0.3 is 0 Å². The molecule has 0 saturated carbocycles. The van der Waals surface area contributed by atoms with E-state index in [0.717, 1.165) is 6.42 Å². The Labute approximate surface area is 103 Å². The van der Waals surface area contributed by atoms with E-state index in [1.807, 2.05) is 26.0 Å². The number of halogens is 1. The first-order valence-corrected chi connectivity index (χ1v) is 6.23. The minimum Gasteiger partial charge on any atom is -0.393 e. The van der Waals surface area contributed by atoms with Crippen LogP contribution in [-0.4, -0.2) is 17.3 Å². The summed E-state index contributed by atoms with van der Waals surface area (Å²) in [6.45, 7) is 5.80. The third-order valence-corrected chi connectivity index (χ3v) is 2.87. The van der Waals surface area contributed by atoms with Gasteiger partial charge in [0.15, 0.2) is 0 Å². The number of benzene rings is 1. The van der Waals surface area contributed by atoms with E-state index >= 15 is 0 Å². The molecule has 0 spiro atoms. The molecule has 3 atom stereocenters. The van der Waals surface area contributed by atoms with Gasteiger partial charge in [-0.1, -0.05) is 25.1 Å². The van der Waals surface area contributed by atoms with Crippen molar-refractivity contribution in [2.24, 2.45) is 0 Å². The van der Waals surface area contributed by atoms with E-state index in [-0.39, 0.29) is 24.0 Å². The molecule has 0 heterocycles. The van der Waals surface area contributed by atoms with Gasteiger partial charge in [-0.15, -0.1) is 0 Å². The molecule has 0 aliphatic carbocycles. The third-order valence-electron chi connectivity index (χ3n) is 2.87. The van der Waals surface area contributed by atoms with Crippen LogP contribution in [0.2, 0.25) is 0 Å².